The summed E-state index contributed by atoms with van der Waals surface area (Å²) in [4.78, 5) is 9.40. The fourth-order valence-electron chi connectivity index (χ4n) is 0.914. The molecule has 0 fully saturated rings. The average molecular weight is 218 g/mol. The summed E-state index contributed by atoms with van der Waals surface area (Å²) >= 11 is 0. The van der Waals surface area contributed by atoms with Gasteiger partial charge in [-0.05, 0) is 26.2 Å². The van der Waals surface area contributed by atoms with Gasteiger partial charge in [0.05, 0.1) is 11.7 Å². The Balaban J connectivity index is 0. The SMILES string of the molecule is CCC(O)CC(C)(O)CC.CCCC=O. The molecule has 0 rings (SSSR count). The van der Waals surface area contributed by atoms with Crippen LogP contribution in [-0.2, 0) is 4.79 Å². The Hall–Kier alpha value is -0.410. The van der Waals surface area contributed by atoms with E-state index in [0.717, 1.165) is 19.1 Å². The van der Waals surface area contributed by atoms with Crippen molar-refractivity contribution in [3.05, 3.63) is 0 Å². The molecular formula is C12H26O3. The monoisotopic (exact) mass is 218 g/mol. The van der Waals surface area contributed by atoms with Crippen LogP contribution in [0.2, 0.25) is 0 Å². The molecule has 2 atom stereocenters. The van der Waals surface area contributed by atoms with Crippen LogP contribution in [0.4, 0.5) is 0 Å². The van der Waals surface area contributed by atoms with E-state index in [1.807, 2.05) is 20.8 Å². The van der Waals surface area contributed by atoms with Crippen molar-refractivity contribution >= 4 is 6.29 Å². The number of hydrogen-bond acceptors (Lipinski definition) is 3. The number of aldehydes is 1. The Kier molecular flexibility index (Phi) is 11.5. The van der Waals surface area contributed by atoms with Crippen molar-refractivity contribution in [2.45, 2.75) is 71.5 Å². The Morgan fingerprint density at radius 2 is 1.87 bits per heavy atom. The number of carbonyl (C=O) groups is 1. The molecule has 2 unspecified atom stereocenters. The number of rotatable bonds is 6. The third-order valence-corrected chi connectivity index (χ3v) is 2.31. The molecule has 0 aliphatic heterocycles. The molecule has 0 radical (unpaired) electrons. The third-order valence-electron chi connectivity index (χ3n) is 2.31. The molecule has 0 aromatic heterocycles. The van der Waals surface area contributed by atoms with Gasteiger partial charge in [-0.25, -0.2) is 0 Å². The second-order valence-corrected chi connectivity index (χ2v) is 4.07. The molecule has 0 aliphatic carbocycles. The zero-order chi connectivity index (χ0) is 12.3. The van der Waals surface area contributed by atoms with Gasteiger partial charge >= 0.3 is 0 Å². The fraction of sp³-hybridized carbons (Fsp3) is 0.917. The van der Waals surface area contributed by atoms with Gasteiger partial charge in [-0.15, -0.1) is 0 Å². The van der Waals surface area contributed by atoms with Crippen molar-refractivity contribution in [3.63, 3.8) is 0 Å². The highest BCUT2D eigenvalue weighted by atomic mass is 16.3. The first-order chi connectivity index (χ1) is 6.93. The smallest absolute Gasteiger partial charge is 0.119 e. The van der Waals surface area contributed by atoms with Crippen molar-refractivity contribution in [3.8, 4) is 0 Å². The van der Waals surface area contributed by atoms with Gasteiger partial charge in [0.1, 0.15) is 6.29 Å². The van der Waals surface area contributed by atoms with Gasteiger partial charge in [0, 0.05) is 12.8 Å². The highest BCUT2D eigenvalue weighted by Gasteiger charge is 2.20. The highest BCUT2D eigenvalue weighted by molar-refractivity contribution is 5.48. The maximum Gasteiger partial charge on any atom is 0.119 e. The van der Waals surface area contributed by atoms with Gasteiger partial charge in [-0.3, -0.25) is 0 Å². The summed E-state index contributed by atoms with van der Waals surface area (Å²) < 4.78 is 0. The lowest BCUT2D eigenvalue weighted by molar-refractivity contribution is -0.107. The number of hydrogen-bond donors (Lipinski definition) is 2. The fourth-order valence-corrected chi connectivity index (χ4v) is 0.914. The molecule has 0 saturated heterocycles. The Morgan fingerprint density at radius 1 is 1.33 bits per heavy atom. The highest BCUT2D eigenvalue weighted by Crippen LogP contribution is 2.17. The quantitative estimate of drug-likeness (QED) is 0.672. The van der Waals surface area contributed by atoms with Crippen LogP contribution in [0.5, 0.6) is 0 Å². The van der Waals surface area contributed by atoms with Crippen LogP contribution in [-0.4, -0.2) is 28.2 Å². The molecule has 0 aromatic carbocycles. The lowest BCUT2D eigenvalue weighted by Gasteiger charge is -2.23. The molecule has 0 saturated carbocycles. The van der Waals surface area contributed by atoms with E-state index in [4.69, 9.17) is 5.11 Å². The summed E-state index contributed by atoms with van der Waals surface area (Å²) in [5, 5.41) is 18.6. The second-order valence-electron chi connectivity index (χ2n) is 4.07. The van der Waals surface area contributed by atoms with Crippen LogP contribution >= 0.6 is 0 Å². The van der Waals surface area contributed by atoms with E-state index < -0.39 is 5.60 Å². The summed E-state index contributed by atoms with van der Waals surface area (Å²) in [6, 6.07) is 0. The molecule has 92 valence electrons. The maximum absolute atomic E-state index is 9.46. The van der Waals surface area contributed by atoms with Gasteiger partial charge in [0.15, 0.2) is 0 Å². The molecule has 0 spiro atoms. The summed E-state index contributed by atoms with van der Waals surface area (Å²) in [6.07, 6.45) is 4.17. The first-order valence-corrected chi connectivity index (χ1v) is 5.77. The molecule has 0 heterocycles. The van der Waals surface area contributed by atoms with Crippen molar-refractivity contribution < 1.29 is 15.0 Å². The molecule has 0 amide bonds. The Labute approximate surface area is 93.5 Å². The van der Waals surface area contributed by atoms with Crippen molar-refractivity contribution in [2.75, 3.05) is 0 Å². The summed E-state index contributed by atoms with van der Waals surface area (Å²) in [7, 11) is 0. The first-order valence-electron chi connectivity index (χ1n) is 5.77. The molecular weight excluding hydrogens is 192 g/mol. The molecule has 2 N–H and O–H groups in total. The van der Waals surface area contributed by atoms with Gasteiger partial charge in [0.25, 0.3) is 0 Å². The van der Waals surface area contributed by atoms with E-state index in [-0.39, 0.29) is 6.10 Å². The van der Waals surface area contributed by atoms with E-state index in [9.17, 15) is 9.90 Å². The zero-order valence-corrected chi connectivity index (χ0v) is 10.5. The van der Waals surface area contributed by atoms with Gasteiger partial charge in [-0.1, -0.05) is 20.8 Å². The van der Waals surface area contributed by atoms with E-state index in [1.54, 1.807) is 6.92 Å². The van der Waals surface area contributed by atoms with Crippen LogP contribution in [0.1, 0.15) is 59.8 Å². The lowest BCUT2D eigenvalue weighted by Crippen LogP contribution is -2.28. The molecule has 3 nitrogen and oxygen atoms in total. The molecule has 15 heavy (non-hydrogen) atoms. The zero-order valence-electron chi connectivity index (χ0n) is 10.5. The van der Waals surface area contributed by atoms with Gasteiger partial charge < -0.3 is 15.0 Å². The van der Waals surface area contributed by atoms with E-state index in [1.165, 1.54) is 0 Å². The standard InChI is InChI=1S/C8H18O2.C4H8O/c1-4-7(9)6-8(3,10)5-2;1-2-3-4-5/h7,9-10H,4-6H2,1-3H3;4H,2-3H2,1H3. The van der Waals surface area contributed by atoms with Crippen LogP contribution in [0.3, 0.4) is 0 Å². The van der Waals surface area contributed by atoms with Crippen LogP contribution in [0.25, 0.3) is 0 Å². The van der Waals surface area contributed by atoms with Crippen molar-refractivity contribution in [1.29, 1.82) is 0 Å². The van der Waals surface area contributed by atoms with Crippen LogP contribution in [0, 0.1) is 0 Å². The van der Waals surface area contributed by atoms with E-state index in [2.05, 4.69) is 0 Å². The minimum atomic E-state index is -0.685. The molecule has 3 heteroatoms. The van der Waals surface area contributed by atoms with Crippen molar-refractivity contribution in [1.82, 2.24) is 0 Å². The predicted octanol–water partition coefficient (Wildman–Crippen LogP) is 2.29. The molecule has 0 aliphatic rings. The number of aliphatic hydroxyl groups excluding tert-OH is 1. The summed E-state index contributed by atoms with van der Waals surface area (Å²) in [6.45, 7) is 7.57. The Bertz CT molecular complexity index is 144. The number of unbranched alkanes of at least 4 members (excludes halogenated alkanes) is 1. The minimum Gasteiger partial charge on any atom is -0.393 e. The predicted molar refractivity (Wildman–Crippen MR) is 62.8 cm³/mol. The third kappa shape index (κ3) is 13.6. The maximum atomic E-state index is 9.46. The van der Waals surface area contributed by atoms with Crippen LogP contribution < -0.4 is 0 Å². The van der Waals surface area contributed by atoms with E-state index in [0.29, 0.717) is 19.3 Å². The molecule has 0 bridgehead atoms. The first kappa shape index (κ1) is 17.0. The van der Waals surface area contributed by atoms with Crippen molar-refractivity contribution in [2.24, 2.45) is 0 Å². The van der Waals surface area contributed by atoms with Crippen LogP contribution in [0.15, 0.2) is 0 Å². The Morgan fingerprint density at radius 3 is 2.07 bits per heavy atom. The number of carbonyl (C=O) groups excluding carboxylic acids is 1. The topological polar surface area (TPSA) is 57.5 Å². The summed E-state index contributed by atoms with van der Waals surface area (Å²) in [5.74, 6) is 0. The summed E-state index contributed by atoms with van der Waals surface area (Å²) in [5.41, 5.74) is -0.685. The largest absolute Gasteiger partial charge is 0.393 e. The molecule has 0 aromatic rings. The minimum absolute atomic E-state index is 0.352. The lowest BCUT2D eigenvalue weighted by atomic mass is 9.95. The van der Waals surface area contributed by atoms with Gasteiger partial charge in [0.2, 0.25) is 0 Å². The van der Waals surface area contributed by atoms with Gasteiger partial charge in [-0.2, -0.15) is 0 Å². The number of aliphatic hydroxyl groups is 2. The second kappa shape index (κ2) is 10.1. The van der Waals surface area contributed by atoms with E-state index >= 15 is 0 Å². The average Bonchev–Trinajstić information content (AvgIpc) is 2.19. The normalized spacial score (nSPS) is 15.9.